The first-order valence-corrected chi connectivity index (χ1v) is 10.5. The minimum absolute atomic E-state index is 0.00303. The monoisotopic (exact) mass is 388 g/mol. The number of hydrogen-bond donors (Lipinski definition) is 2. The molecule has 1 aromatic heterocycles. The van der Waals surface area contributed by atoms with Gasteiger partial charge in [0.1, 0.15) is 0 Å². The Morgan fingerprint density at radius 2 is 2.14 bits per heavy atom. The molecule has 2 amide bonds. The van der Waals surface area contributed by atoms with E-state index < -0.39 is 0 Å². The number of pyridine rings is 1. The fraction of sp³-hybridized carbons (Fsp3) is 0.667. The highest BCUT2D eigenvalue weighted by molar-refractivity contribution is 5.95. The van der Waals surface area contributed by atoms with Gasteiger partial charge in [-0.1, -0.05) is 13.8 Å². The molecule has 2 fully saturated rings. The van der Waals surface area contributed by atoms with Crippen LogP contribution in [0.1, 0.15) is 62.7 Å². The lowest BCUT2D eigenvalue weighted by Gasteiger charge is -2.18. The third kappa shape index (κ3) is 4.56. The van der Waals surface area contributed by atoms with Crippen LogP contribution in [-0.2, 0) is 4.79 Å². The molecule has 2 aliphatic heterocycles. The molecule has 4 rings (SSSR count). The van der Waals surface area contributed by atoms with E-state index in [9.17, 15) is 9.59 Å². The van der Waals surface area contributed by atoms with Crippen LogP contribution in [0.5, 0.6) is 5.75 Å². The van der Waals surface area contributed by atoms with E-state index >= 15 is 0 Å². The van der Waals surface area contributed by atoms with Crippen LogP contribution in [0.4, 0.5) is 5.82 Å². The summed E-state index contributed by atoms with van der Waals surface area (Å²) in [6.07, 6.45) is 7.23. The van der Waals surface area contributed by atoms with Crippen molar-refractivity contribution >= 4 is 17.6 Å². The normalized spacial score (nSPS) is 21.4. The number of amides is 2. The Kier molecular flexibility index (Phi) is 6.42. The van der Waals surface area contributed by atoms with Crippen molar-refractivity contribution in [3.63, 3.8) is 0 Å². The second kappa shape index (κ2) is 8.80. The molecule has 7 nitrogen and oxygen atoms in total. The van der Waals surface area contributed by atoms with E-state index in [0.29, 0.717) is 36.8 Å². The third-order valence-corrected chi connectivity index (χ3v) is 5.81. The van der Waals surface area contributed by atoms with E-state index in [4.69, 9.17) is 4.74 Å². The molecule has 1 spiro atoms. The fourth-order valence-electron chi connectivity index (χ4n) is 3.86. The molecule has 0 bridgehead atoms. The van der Waals surface area contributed by atoms with E-state index in [2.05, 4.69) is 15.6 Å². The summed E-state index contributed by atoms with van der Waals surface area (Å²) in [5.74, 6) is 1.87. The Balaban J connectivity index is 0.00000109. The third-order valence-electron chi connectivity index (χ3n) is 5.81. The molecule has 1 aliphatic carbocycles. The van der Waals surface area contributed by atoms with Crippen LogP contribution < -0.4 is 15.4 Å². The van der Waals surface area contributed by atoms with Crippen LogP contribution in [0.3, 0.4) is 0 Å². The molecule has 2 N–H and O–H groups in total. The number of carbonyl (C=O) groups is 2. The summed E-state index contributed by atoms with van der Waals surface area (Å²) in [6.45, 7) is 6.09. The maximum Gasteiger partial charge on any atom is 0.255 e. The molecule has 7 heteroatoms. The van der Waals surface area contributed by atoms with Crippen molar-refractivity contribution in [2.24, 2.45) is 5.92 Å². The molecule has 0 radical (unpaired) electrons. The first-order valence-electron chi connectivity index (χ1n) is 10.5. The zero-order valence-corrected chi connectivity index (χ0v) is 17.2. The van der Waals surface area contributed by atoms with E-state index in [1.165, 1.54) is 0 Å². The number of carbonyl (C=O) groups excluding carboxylic acids is 2. The number of nitrogens with one attached hydrogen (secondary N) is 2. The molecule has 28 heavy (non-hydrogen) atoms. The highest BCUT2D eigenvalue weighted by Crippen LogP contribution is 2.45. The molecular weight excluding hydrogens is 356 g/mol. The molecule has 3 aliphatic rings. The number of likely N-dealkylation sites (tertiary alicyclic amines) is 1. The second-order valence-corrected chi connectivity index (χ2v) is 7.69. The minimum Gasteiger partial charge on any atom is -0.490 e. The first kappa shape index (κ1) is 20.4. The highest BCUT2D eigenvalue weighted by Gasteiger charge is 2.44. The van der Waals surface area contributed by atoms with Crippen LogP contribution in [0.15, 0.2) is 12.3 Å². The molecule has 1 unspecified atom stereocenters. The maximum absolute atomic E-state index is 12.8. The summed E-state index contributed by atoms with van der Waals surface area (Å²) in [5, 5.41) is 6.13. The predicted molar refractivity (Wildman–Crippen MR) is 109 cm³/mol. The highest BCUT2D eigenvalue weighted by atomic mass is 16.5. The molecule has 3 heterocycles. The molecule has 1 saturated heterocycles. The van der Waals surface area contributed by atoms with Crippen LogP contribution in [0.25, 0.3) is 0 Å². The van der Waals surface area contributed by atoms with Gasteiger partial charge in [-0.15, -0.1) is 0 Å². The molecule has 154 valence electrons. The van der Waals surface area contributed by atoms with Gasteiger partial charge in [0, 0.05) is 44.7 Å². The number of aromatic nitrogens is 1. The summed E-state index contributed by atoms with van der Waals surface area (Å²) in [5.41, 5.74) is 0.737. The van der Waals surface area contributed by atoms with E-state index in [1.54, 1.807) is 13.2 Å². The summed E-state index contributed by atoms with van der Waals surface area (Å²) in [6, 6.07) is 1.82. The first-order chi connectivity index (χ1) is 13.6. The van der Waals surface area contributed by atoms with Gasteiger partial charge in [-0.05, 0) is 37.7 Å². The molecule has 1 saturated carbocycles. The summed E-state index contributed by atoms with van der Waals surface area (Å²) >= 11 is 0. The van der Waals surface area contributed by atoms with Crippen molar-refractivity contribution in [2.75, 3.05) is 32.1 Å². The van der Waals surface area contributed by atoms with Crippen molar-refractivity contribution in [3.05, 3.63) is 17.8 Å². The fourth-order valence-corrected chi connectivity index (χ4v) is 3.86. The predicted octanol–water partition coefficient (Wildman–Crippen LogP) is 2.82. The van der Waals surface area contributed by atoms with Gasteiger partial charge in [-0.25, -0.2) is 4.98 Å². The lowest BCUT2D eigenvalue weighted by molar-refractivity contribution is -0.120. The maximum atomic E-state index is 12.8. The van der Waals surface area contributed by atoms with Crippen molar-refractivity contribution in [3.8, 4) is 5.75 Å². The Hall–Kier alpha value is -2.31. The number of nitrogens with zero attached hydrogens (tertiary/aromatic N) is 2. The largest absolute Gasteiger partial charge is 0.490 e. The SMILES string of the molecule is CC.CNC(=O)CCC1CCN(C(=O)c2cnc3c(c2)OCCC2(CC2)N3)C1. The summed E-state index contributed by atoms with van der Waals surface area (Å²) in [4.78, 5) is 30.6. The lowest BCUT2D eigenvalue weighted by atomic mass is 10.0. The number of fused-ring (bicyclic) bond motifs is 1. The Morgan fingerprint density at radius 1 is 1.36 bits per heavy atom. The number of anilines is 1. The van der Waals surface area contributed by atoms with Gasteiger partial charge in [0.25, 0.3) is 5.91 Å². The molecular formula is C21H32N4O3. The number of hydrogen-bond acceptors (Lipinski definition) is 5. The van der Waals surface area contributed by atoms with E-state index in [-0.39, 0.29) is 17.4 Å². The van der Waals surface area contributed by atoms with Gasteiger partial charge in [0.2, 0.25) is 5.91 Å². The Labute approximate surface area is 167 Å². The zero-order chi connectivity index (χ0) is 20.1. The lowest BCUT2D eigenvalue weighted by Crippen LogP contribution is -2.29. The minimum atomic E-state index is -0.00303. The van der Waals surface area contributed by atoms with E-state index in [0.717, 1.165) is 44.5 Å². The van der Waals surface area contributed by atoms with Crippen LogP contribution in [0.2, 0.25) is 0 Å². The van der Waals surface area contributed by atoms with Gasteiger partial charge >= 0.3 is 0 Å². The van der Waals surface area contributed by atoms with Crippen molar-refractivity contribution in [1.29, 1.82) is 0 Å². The van der Waals surface area contributed by atoms with E-state index in [1.807, 2.05) is 24.8 Å². The van der Waals surface area contributed by atoms with Crippen LogP contribution in [-0.4, -0.2) is 54.0 Å². The Bertz CT molecular complexity index is 718. The molecule has 0 aromatic carbocycles. The average Bonchev–Trinajstić information content (AvgIpc) is 3.37. The quantitative estimate of drug-likeness (QED) is 0.829. The second-order valence-electron chi connectivity index (χ2n) is 7.69. The van der Waals surface area contributed by atoms with Crippen molar-refractivity contribution in [1.82, 2.24) is 15.2 Å². The Morgan fingerprint density at radius 3 is 2.86 bits per heavy atom. The number of ether oxygens (including phenoxy) is 1. The van der Waals surface area contributed by atoms with Crippen molar-refractivity contribution < 1.29 is 14.3 Å². The summed E-state index contributed by atoms with van der Waals surface area (Å²) < 4.78 is 5.84. The average molecular weight is 389 g/mol. The molecule has 1 aromatic rings. The molecule has 1 atom stereocenters. The van der Waals surface area contributed by atoms with Gasteiger partial charge in [-0.3, -0.25) is 9.59 Å². The number of rotatable bonds is 4. The van der Waals surface area contributed by atoms with Gasteiger partial charge in [0.05, 0.1) is 12.2 Å². The standard InChI is InChI=1S/C19H26N4O3.C2H6/c1-20-16(24)3-2-13-4-8-23(12-13)18(25)14-10-15-17(21-11-14)22-19(5-6-19)7-9-26-15;1-2/h10-11,13H,2-9,12H2,1H3,(H,20,24)(H,21,22);1-2H3. The van der Waals surface area contributed by atoms with Crippen molar-refractivity contribution in [2.45, 2.75) is 57.9 Å². The smallest absolute Gasteiger partial charge is 0.255 e. The van der Waals surface area contributed by atoms with Crippen LogP contribution >= 0.6 is 0 Å². The summed E-state index contributed by atoms with van der Waals surface area (Å²) in [7, 11) is 1.65. The van der Waals surface area contributed by atoms with Gasteiger partial charge < -0.3 is 20.3 Å². The van der Waals surface area contributed by atoms with Gasteiger partial charge in [0.15, 0.2) is 11.6 Å². The topological polar surface area (TPSA) is 83.6 Å². The zero-order valence-electron chi connectivity index (χ0n) is 17.2. The van der Waals surface area contributed by atoms with Gasteiger partial charge in [-0.2, -0.15) is 0 Å². The van der Waals surface area contributed by atoms with Crippen LogP contribution in [0, 0.1) is 5.92 Å².